The summed E-state index contributed by atoms with van der Waals surface area (Å²) in [7, 11) is 2.03. The maximum absolute atomic E-state index is 14.1. The monoisotopic (exact) mass is 705 g/mol. The van der Waals surface area contributed by atoms with Gasteiger partial charge in [0.05, 0.1) is 17.5 Å². The Bertz CT molecular complexity index is 2250. The summed E-state index contributed by atoms with van der Waals surface area (Å²) in [6.45, 7) is -0.340. The van der Waals surface area contributed by atoms with Crippen LogP contribution in [0.5, 0.6) is 0 Å². The van der Waals surface area contributed by atoms with Gasteiger partial charge in [-0.3, -0.25) is 9.59 Å². The number of carboxylic acid groups (broad SMARTS) is 1. The fourth-order valence-electron chi connectivity index (χ4n) is 8.30. The van der Waals surface area contributed by atoms with Gasteiger partial charge in [0.1, 0.15) is 26.7 Å². The van der Waals surface area contributed by atoms with Crippen molar-refractivity contribution in [2.45, 2.75) is 37.3 Å². The van der Waals surface area contributed by atoms with Crippen LogP contribution in [-0.4, -0.2) is 59.8 Å². The number of para-hydroxylation sites is 2. The highest BCUT2D eigenvalue weighted by molar-refractivity contribution is 6.00. The molecule has 9 heteroatoms. The molecular weight excluding hydrogens is 665 g/mol. The summed E-state index contributed by atoms with van der Waals surface area (Å²) in [5, 5.41) is 14.0. The van der Waals surface area contributed by atoms with Crippen LogP contribution in [-0.2, 0) is 21.4 Å². The van der Waals surface area contributed by atoms with Crippen molar-refractivity contribution in [3.05, 3.63) is 144 Å². The van der Waals surface area contributed by atoms with E-state index in [4.69, 9.17) is 4.74 Å². The second kappa shape index (κ2) is 14.4. The molecule has 1 fully saturated rings. The van der Waals surface area contributed by atoms with Crippen LogP contribution in [0.15, 0.2) is 122 Å². The summed E-state index contributed by atoms with van der Waals surface area (Å²) < 4.78 is 7.92. The predicted octanol–water partition coefficient (Wildman–Crippen LogP) is 6.91. The van der Waals surface area contributed by atoms with Crippen molar-refractivity contribution in [1.82, 2.24) is 10.2 Å². The molecule has 0 spiro atoms. The Balaban J connectivity index is 0.973. The molecule has 8 rings (SSSR count). The first-order chi connectivity index (χ1) is 25.9. The van der Waals surface area contributed by atoms with Crippen molar-refractivity contribution >= 4 is 46.2 Å². The maximum Gasteiger partial charge on any atom is 0.407 e. The van der Waals surface area contributed by atoms with Gasteiger partial charge in [0.25, 0.3) is 0 Å². The van der Waals surface area contributed by atoms with Gasteiger partial charge < -0.3 is 25.0 Å². The van der Waals surface area contributed by atoms with Crippen molar-refractivity contribution in [2.24, 2.45) is 7.05 Å². The molecule has 0 radical (unpaired) electrons. The Hall–Kier alpha value is -6.22. The minimum atomic E-state index is -1.10. The van der Waals surface area contributed by atoms with Crippen LogP contribution >= 0.6 is 0 Å². The fraction of sp³-hybridized carbons (Fsp3) is 0.227. The van der Waals surface area contributed by atoms with Gasteiger partial charge in [-0.2, -0.15) is 0 Å². The van der Waals surface area contributed by atoms with E-state index < -0.39 is 30.7 Å². The number of aromatic nitrogens is 1. The second-order valence-electron chi connectivity index (χ2n) is 13.9. The number of pyridine rings is 1. The largest absolute Gasteiger partial charge is 0.480 e. The zero-order valence-electron chi connectivity index (χ0n) is 29.5. The average molecular weight is 706 g/mol. The van der Waals surface area contributed by atoms with Gasteiger partial charge in [-0.25, -0.2) is 9.36 Å². The van der Waals surface area contributed by atoms with Gasteiger partial charge >= 0.3 is 12.1 Å². The van der Waals surface area contributed by atoms with Crippen LogP contribution in [0.3, 0.4) is 0 Å². The molecule has 9 nitrogen and oxygen atoms in total. The van der Waals surface area contributed by atoms with Crippen molar-refractivity contribution in [1.29, 1.82) is 0 Å². The van der Waals surface area contributed by atoms with Gasteiger partial charge in [-0.05, 0) is 76.9 Å². The number of hydrogen-bond donors (Lipinski definition) is 2. The van der Waals surface area contributed by atoms with Gasteiger partial charge in [0.15, 0.2) is 6.20 Å². The summed E-state index contributed by atoms with van der Waals surface area (Å²) >= 11 is 0. The molecule has 2 heterocycles. The summed E-state index contributed by atoms with van der Waals surface area (Å²) in [6.07, 6.45) is 9.46. The predicted molar refractivity (Wildman–Crippen MR) is 205 cm³/mol. The summed E-state index contributed by atoms with van der Waals surface area (Å²) in [4.78, 5) is 42.8. The first-order valence-electron chi connectivity index (χ1n) is 18.1. The Morgan fingerprint density at radius 1 is 0.887 bits per heavy atom. The molecule has 1 aromatic heterocycles. The van der Waals surface area contributed by atoms with Crippen LogP contribution in [0.25, 0.3) is 33.7 Å². The minimum absolute atomic E-state index is 0.0493. The number of aryl methyl sites for hydroxylation is 1. The van der Waals surface area contributed by atoms with Crippen molar-refractivity contribution in [3.63, 3.8) is 0 Å². The number of nitrogens with zero attached hydrogens (tertiary/aromatic N) is 3. The van der Waals surface area contributed by atoms with Crippen LogP contribution in [0.4, 0.5) is 10.5 Å². The number of fused-ring (bicyclic) bond motifs is 5. The van der Waals surface area contributed by atoms with E-state index in [1.807, 2.05) is 91.1 Å². The van der Waals surface area contributed by atoms with Gasteiger partial charge in [0, 0.05) is 35.5 Å². The van der Waals surface area contributed by atoms with Gasteiger partial charge in [-0.1, -0.05) is 78.9 Å². The molecule has 4 aromatic carbocycles. The molecule has 5 aromatic rings. The fourth-order valence-corrected chi connectivity index (χ4v) is 8.30. The summed E-state index contributed by atoms with van der Waals surface area (Å²) in [5.41, 5.74) is 9.58. The molecule has 266 valence electrons. The lowest BCUT2D eigenvalue weighted by Crippen LogP contribution is -2.54. The lowest BCUT2D eigenvalue weighted by atomic mass is 9.96. The first kappa shape index (κ1) is 33.9. The highest BCUT2D eigenvalue weighted by Crippen LogP contribution is 2.44. The first-order valence-corrected chi connectivity index (χ1v) is 18.1. The maximum atomic E-state index is 14.1. The number of hydrogen-bond acceptors (Lipinski definition) is 5. The number of rotatable bonds is 9. The third-order valence-corrected chi connectivity index (χ3v) is 10.8. The molecule has 3 aliphatic rings. The highest BCUT2D eigenvalue weighted by Gasteiger charge is 2.38. The van der Waals surface area contributed by atoms with Crippen LogP contribution in [0.1, 0.15) is 47.4 Å². The zero-order chi connectivity index (χ0) is 36.5. The number of aliphatic carboxylic acids is 1. The van der Waals surface area contributed by atoms with E-state index >= 15 is 0 Å². The number of anilines is 1. The van der Waals surface area contributed by atoms with E-state index in [0.29, 0.717) is 12.8 Å². The third-order valence-electron chi connectivity index (χ3n) is 10.8. The normalized spacial score (nSPS) is 18.1. The molecule has 2 aliphatic carbocycles. The molecule has 2 amide bonds. The van der Waals surface area contributed by atoms with Crippen molar-refractivity contribution in [2.75, 3.05) is 24.6 Å². The van der Waals surface area contributed by atoms with Crippen molar-refractivity contribution in [3.8, 4) is 11.1 Å². The van der Waals surface area contributed by atoms with E-state index in [9.17, 15) is 19.5 Å². The third kappa shape index (κ3) is 6.66. The number of carbonyl (C=O) groups excluding carboxylic acids is 2. The van der Waals surface area contributed by atoms with Crippen LogP contribution in [0, 0.1) is 0 Å². The zero-order valence-corrected chi connectivity index (χ0v) is 29.5. The molecule has 2 N–H and O–H groups in total. The number of amides is 2. The smallest absolute Gasteiger partial charge is 0.407 e. The van der Waals surface area contributed by atoms with E-state index in [0.717, 1.165) is 62.0 Å². The lowest BCUT2D eigenvalue weighted by molar-refractivity contribution is -0.644. The van der Waals surface area contributed by atoms with E-state index in [1.165, 1.54) is 4.90 Å². The highest BCUT2D eigenvalue weighted by atomic mass is 16.5. The number of carbonyl (C=O) groups is 3. The standard InChI is InChI=1S/C44H40N4O5/c1-46-23-21-29(31-11-6-8-18-39(31)46)25-30-22-24-47(40-19-9-7-12-32(30)40)26-42(49)48(27-43(50)51)41-20-10-17-38(41)45-44(52)53-28-37-35-15-4-2-13-33(35)34-14-3-5-16-36(34)37/h2-9,11-16,18-19,21-25,37-38,41H,10,17,20,26-28H2,1H3,(H-,45,50,51,52)/p+1/t38-,41-/m0/s1. The van der Waals surface area contributed by atoms with Gasteiger partial charge in [-0.15, -0.1) is 0 Å². The van der Waals surface area contributed by atoms with Crippen molar-refractivity contribution < 1.29 is 28.8 Å². The molecule has 53 heavy (non-hydrogen) atoms. The van der Waals surface area contributed by atoms with E-state index in [-0.39, 0.29) is 25.0 Å². The summed E-state index contributed by atoms with van der Waals surface area (Å²) in [6, 6.07) is 33.7. The van der Waals surface area contributed by atoms with Crippen LogP contribution in [0.2, 0.25) is 0 Å². The summed E-state index contributed by atoms with van der Waals surface area (Å²) in [5.74, 6) is -1.51. The topological polar surface area (TPSA) is 103 Å². The number of ether oxygens (including phenoxy) is 1. The number of carboxylic acids is 1. The quantitative estimate of drug-likeness (QED) is 0.162. The second-order valence-corrected chi connectivity index (χ2v) is 13.9. The van der Waals surface area contributed by atoms with E-state index in [1.54, 1.807) is 0 Å². The number of allylic oxidation sites excluding steroid dienone is 2. The Kier molecular flexibility index (Phi) is 9.22. The number of nitrogens with one attached hydrogen (secondary N) is 1. The number of benzene rings is 4. The Morgan fingerprint density at radius 3 is 2.32 bits per heavy atom. The Labute approximate surface area is 308 Å². The molecule has 0 bridgehead atoms. The Morgan fingerprint density at radius 2 is 1.57 bits per heavy atom. The molecule has 1 aliphatic heterocycles. The molecule has 1 saturated carbocycles. The van der Waals surface area contributed by atoms with E-state index in [2.05, 4.69) is 58.4 Å². The molecule has 0 saturated heterocycles. The average Bonchev–Trinajstić information content (AvgIpc) is 3.77. The SMILES string of the molecule is C[n+]1ccc(/C=C2/C=CN(CC(=O)N(CC(=O)O)[C@H]3CCC[C@@H]3NC(=O)OCC3c4ccccc4-c4ccccc43)c3ccccc32)c2ccccc21. The molecule has 0 unspecified atom stereocenters. The lowest BCUT2D eigenvalue weighted by Gasteiger charge is -2.35. The molecule has 2 atom stereocenters. The molecular formula is C44H41N4O5+. The number of alkyl carbamates (subject to hydrolysis) is 1. The minimum Gasteiger partial charge on any atom is -0.480 e. The van der Waals surface area contributed by atoms with Gasteiger partial charge in [0.2, 0.25) is 11.4 Å². The van der Waals surface area contributed by atoms with Crippen LogP contribution < -0.4 is 14.8 Å².